The summed E-state index contributed by atoms with van der Waals surface area (Å²) in [5, 5.41) is 1.12. The van der Waals surface area contributed by atoms with Gasteiger partial charge in [-0.2, -0.15) is 0 Å². The van der Waals surface area contributed by atoms with Crippen LogP contribution in [-0.4, -0.2) is 29.1 Å². The van der Waals surface area contributed by atoms with Crippen LogP contribution in [0.2, 0.25) is 0 Å². The zero-order valence-electron chi connectivity index (χ0n) is 18.4. The molecule has 1 aromatic heterocycles. The summed E-state index contributed by atoms with van der Waals surface area (Å²) >= 11 is 1.78. The lowest BCUT2D eigenvalue weighted by molar-refractivity contribution is 0.172. The van der Waals surface area contributed by atoms with E-state index < -0.39 is 0 Å². The molecule has 1 aliphatic heterocycles. The minimum Gasteiger partial charge on any atom is -0.491 e. The van der Waals surface area contributed by atoms with Gasteiger partial charge in [-0.25, -0.2) is 4.98 Å². The molecule has 158 valence electrons. The van der Waals surface area contributed by atoms with E-state index in [0.717, 1.165) is 23.7 Å². The van der Waals surface area contributed by atoms with E-state index in [2.05, 4.69) is 42.2 Å². The lowest BCUT2D eigenvalue weighted by atomic mass is 9.98. The van der Waals surface area contributed by atoms with Crippen molar-refractivity contribution >= 4 is 11.3 Å². The number of aromatic nitrogens is 1. The molecule has 2 aromatic carbocycles. The van der Waals surface area contributed by atoms with Crippen molar-refractivity contribution in [3.63, 3.8) is 0 Å². The van der Waals surface area contributed by atoms with Gasteiger partial charge in [0.05, 0.1) is 11.0 Å². The molecular formula is C26H32N2OS. The molecule has 3 nitrogen and oxygen atoms in total. The van der Waals surface area contributed by atoms with Crippen molar-refractivity contribution in [3.05, 3.63) is 59.8 Å². The smallest absolute Gasteiger partial charge is 0.124 e. The highest BCUT2D eigenvalue weighted by atomic mass is 32.1. The van der Waals surface area contributed by atoms with Crippen LogP contribution < -0.4 is 4.74 Å². The molecule has 0 atom stereocenters. The van der Waals surface area contributed by atoms with Gasteiger partial charge in [0.2, 0.25) is 0 Å². The number of hydrogen-bond donors (Lipinski definition) is 0. The SMILES string of the molecule is CCCCc1cc(CN2CCC2)ccc1-c1ncc(-c2ccc(OC(C)C)cc2)s1. The van der Waals surface area contributed by atoms with Crippen LogP contribution in [0.25, 0.3) is 21.0 Å². The summed E-state index contributed by atoms with van der Waals surface area (Å²) in [6.07, 6.45) is 7.09. The van der Waals surface area contributed by atoms with Crippen LogP contribution in [0.3, 0.4) is 0 Å². The number of thiazole rings is 1. The number of rotatable bonds is 9. The molecule has 0 spiro atoms. The lowest BCUT2D eigenvalue weighted by Crippen LogP contribution is -2.36. The van der Waals surface area contributed by atoms with Crippen molar-refractivity contribution in [1.29, 1.82) is 0 Å². The van der Waals surface area contributed by atoms with Gasteiger partial charge >= 0.3 is 0 Å². The molecular weight excluding hydrogens is 388 g/mol. The Morgan fingerprint density at radius 2 is 1.90 bits per heavy atom. The van der Waals surface area contributed by atoms with Crippen LogP contribution in [0.4, 0.5) is 0 Å². The Morgan fingerprint density at radius 3 is 2.57 bits per heavy atom. The third-order valence-corrected chi connectivity index (χ3v) is 6.65. The summed E-state index contributed by atoms with van der Waals surface area (Å²) in [5.41, 5.74) is 5.37. The largest absolute Gasteiger partial charge is 0.491 e. The maximum absolute atomic E-state index is 5.77. The first-order valence-electron chi connectivity index (χ1n) is 11.2. The summed E-state index contributed by atoms with van der Waals surface area (Å²) in [4.78, 5) is 8.52. The normalized spacial score (nSPS) is 14.1. The molecule has 0 bridgehead atoms. The van der Waals surface area contributed by atoms with Gasteiger partial charge in [-0.3, -0.25) is 4.90 Å². The molecule has 0 unspecified atom stereocenters. The Morgan fingerprint density at radius 1 is 1.10 bits per heavy atom. The quantitative estimate of drug-likeness (QED) is 0.380. The molecule has 2 heterocycles. The number of likely N-dealkylation sites (tertiary alicyclic amines) is 1. The minimum atomic E-state index is 0.191. The predicted molar refractivity (Wildman–Crippen MR) is 127 cm³/mol. The molecule has 3 aromatic rings. The highest BCUT2D eigenvalue weighted by Crippen LogP contribution is 2.35. The molecule has 0 saturated carbocycles. The van der Waals surface area contributed by atoms with Crippen LogP contribution >= 0.6 is 11.3 Å². The zero-order valence-corrected chi connectivity index (χ0v) is 19.2. The Balaban J connectivity index is 1.56. The van der Waals surface area contributed by atoms with Gasteiger partial charge < -0.3 is 4.74 Å². The Bertz CT molecular complexity index is 957. The van der Waals surface area contributed by atoms with E-state index in [1.54, 1.807) is 11.3 Å². The number of benzene rings is 2. The molecule has 30 heavy (non-hydrogen) atoms. The van der Waals surface area contributed by atoms with Gasteiger partial charge in [-0.1, -0.05) is 31.5 Å². The van der Waals surface area contributed by atoms with E-state index in [1.807, 2.05) is 32.2 Å². The predicted octanol–water partition coefficient (Wildman–Crippen LogP) is 6.81. The summed E-state index contributed by atoms with van der Waals surface area (Å²) in [5.74, 6) is 0.915. The number of hydrogen-bond acceptors (Lipinski definition) is 4. The Kier molecular flexibility index (Phi) is 6.86. The number of ether oxygens (including phenoxy) is 1. The summed E-state index contributed by atoms with van der Waals surface area (Å²) in [6, 6.07) is 15.4. The zero-order chi connectivity index (χ0) is 20.9. The van der Waals surface area contributed by atoms with Gasteiger partial charge in [0.1, 0.15) is 10.8 Å². The monoisotopic (exact) mass is 420 g/mol. The molecule has 1 aliphatic rings. The fraction of sp³-hybridized carbons (Fsp3) is 0.423. The minimum absolute atomic E-state index is 0.191. The van der Waals surface area contributed by atoms with E-state index >= 15 is 0 Å². The molecule has 1 fully saturated rings. The van der Waals surface area contributed by atoms with Crippen LogP contribution in [-0.2, 0) is 13.0 Å². The van der Waals surface area contributed by atoms with Crippen molar-refractivity contribution in [3.8, 4) is 26.8 Å². The van der Waals surface area contributed by atoms with Crippen molar-refractivity contribution < 1.29 is 4.74 Å². The molecule has 0 N–H and O–H groups in total. The van der Waals surface area contributed by atoms with Crippen LogP contribution in [0.15, 0.2) is 48.7 Å². The van der Waals surface area contributed by atoms with Gasteiger partial charge in [-0.05, 0) is 87.2 Å². The highest BCUT2D eigenvalue weighted by Gasteiger charge is 2.16. The Hall–Kier alpha value is -2.17. The van der Waals surface area contributed by atoms with Crippen molar-refractivity contribution in [2.75, 3.05) is 13.1 Å². The standard InChI is InChI=1S/C26H32N2OS/c1-4-5-7-22-16-20(18-28-14-6-15-28)8-13-24(22)26-27-17-25(30-26)21-9-11-23(12-10-21)29-19(2)3/h8-13,16-17,19H,4-7,14-15,18H2,1-3H3. The van der Waals surface area contributed by atoms with Crippen LogP contribution in [0.1, 0.15) is 51.2 Å². The fourth-order valence-electron chi connectivity index (χ4n) is 3.83. The number of aryl methyl sites for hydroxylation is 1. The van der Waals surface area contributed by atoms with Crippen molar-refractivity contribution in [1.82, 2.24) is 9.88 Å². The van der Waals surface area contributed by atoms with Crippen molar-refractivity contribution in [2.24, 2.45) is 0 Å². The van der Waals surface area contributed by atoms with Crippen molar-refractivity contribution in [2.45, 2.75) is 59.1 Å². The van der Waals surface area contributed by atoms with Gasteiger partial charge in [0, 0.05) is 18.3 Å². The highest BCUT2D eigenvalue weighted by molar-refractivity contribution is 7.18. The Labute approximate surface area is 184 Å². The first-order chi connectivity index (χ1) is 14.6. The maximum atomic E-state index is 5.77. The second kappa shape index (κ2) is 9.76. The summed E-state index contributed by atoms with van der Waals surface area (Å²) < 4.78 is 5.77. The summed E-state index contributed by atoms with van der Waals surface area (Å²) in [6.45, 7) is 9.92. The van der Waals surface area contributed by atoms with Gasteiger partial charge in [-0.15, -0.1) is 11.3 Å². The third kappa shape index (κ3) is 5.11. The average molecular weight is 421 g/mol. The van der Waals surface area contributed by atoms with Gasteiger partial charge in [0.15, 0.2) is 0 Å². The van der Waals surface area contributed by atoms with Crippen LogP contribution in [0.5, 0.6) is 5.75 Å². The topological polar surface area (TPSA) is 25.4 Å². The van der Waals surface area contributed by atoms with E-state index in [0.29, 0.717) is 0 Å². The van der Waals surface area contributed by atoms with E-state index in [-0.39, 0.29) is 6.10 Å². The lowest BCUT2D eigenvalue weighted by Gasteiger charge is -2.30. The third-order valence-electron chi connectivity index (χ3n) is 5.57. The second-order valence-corrected chi connectivity index (χ2v) is 9.48. The molecule has 0 aliphatic carbocycles. The number of nitrogens with zero attached hydrogens (tertiary/aromatic N) is 2. The van der Waals surface area contributed by atoms with Gasteiger partial charge in [0.25, 0.3) is 0 Å². The van der Waals surface area contributed by atoms with Crippen LogP contribution in [0, 0.1) is 0 Å². The van der Waals surface area contributed by atoms with E-state index in [1.165, 1.54) is 59.5 Å². The molecule has 1 saturated heterocycles. The fourth-order valence-corrected chi connectivity index (χ4v) is 4.81. The molecule has 4 rings (SSSR count). The molecule has 0 radical (unpaired) electrons. The van der Waals surface area contributed by atoms with E-state index in [9.17, 15) is 0 Å². The first-order valence-corrected chi connectivity index (χ1v) is 12.0. The number of unbranched alkanes of at least 4 members (excludes halogenated alkanes) is 1. The first kappa shape index (κ1) is 21.1. The second-order valence-electron chi connectivity index (χ2n) is 8.45. The average Bonchev–Trinajstić information content (AvgIpc) is 3.19. The maximum Gasteiger partial charge on any atom is 0.124 e. The summed E-state index contributed by atoms with van der Waals surface area (Å²) in [7, 11) is 0. The molecule has 4 heteroatoms. The molecule has 0 amide bonds. The van der Waals surface area contributed by atoms with E-state index in [4.69, 9.17) is 9.72 Å².